The molecule has 0 spiro atoms. The number of esters is 1. The van der Waals surface area contributed by atoms with Crippen LogP contribution in [0.3, 0.4) is 0 Å². The Hall–Kier alpha value is -2.32. The summed E-state index contributed by atoms with van der Waals surface area (Å²) < 4.78 is 10.5. The molecule has 0 aliphatic rings. The summed E-state index contributed by atoms with van der Waals surface area (Å²) in [6.45, 7) is 4.37. The van der Waals surface area contributed by atoms with Crippen molar-refractivity contribution in [2.75, 3.05) is 19.4 Å². The summed E-state index contributed by atoms with van der Waals surface area (Å²) in [6.07, 6.45) is 1.61. The highest BCUT2D eigenvalue weighted by Crippen LogP contribution is 2.31. The molecule has 8 heteroatoms. The van der Waals surface area contributed by atoms with E-state index in [0.29, 0.717) is 22.0 Å². The predicted octanol–water partition coefficient (Wildman–Crippen LogP) is 1.28. The van der Waals surface area contributed by atoms with Crippen LogP contribution in [0.2, 0.25) is 0 Å². The molecule has 5 N–H and O–H groups in total. The van der Waals surface area contributed by atoms with Crippen LogP contribution in [-0.2, 0) is 11.3 Å². The van der Waals surface area contributed by atoms with Crippen LogP contribution in [0.25, 0.3) is 0 Å². The monoisotopic (exact) mass is 352 g/mol. The minimum absolute atomic E-state index is 0.0358. The standard InChI is InChI=1S/C16H21N3O4S/c1-4-22-16(21)12-10(13(15(20)18-3)24-14(12)17)8-19-9(2)11-6-5-7-23-11/h5-7,9,19H,4,8,17H2,1-3H3,(H,18,20)/p+1/t9-/m0/s1. The third kappa shape index (κ3) is 3.77. The number of hydrogen-bond donors (Lipinski definition) is 3. The first-order chi connectivity index (χ1) is 11.5. The second kappa shape index (κ2) is 7.98. The summed E-state index contributed by atoms with van der Waals surface area (Å²) in [5.74, 6) is 0.0455. The molecule has 0 unspecified atom stereocenters. The molecule has 130 valence electrons. The maximum atomic E-state index is 12.2. The molecule has 0 fully saturated rings. The maximum absolute atomic E-state index is 12.2. The van der Waals surface area contributed by atoms with E-state index in [2.05, 4.69) is 5.32 Å². The first-order valence-corrected chi connectivity index (χ1v) is 8.48. The van der Waals surface area contributed by atoms with Crippen molar-refractivity contribution in [3.63, 3.8) is 0 Å². The molecule has 0 aliphatic carbocycles. The second-order valence-corrected chi connectivity index (χ2v) is 6.24. The van der Waals surface area contributed by atoms with Crippen molar-refractivity contribution in [3.05, 3.63) is 40.2 Å². The predicted molar refractivity (Wildman–Crippen MR) is 90.8 cm³/mol. The van der Waals surface area contributed by atoms with E-state index >= 15 is 0 Å². The zero-order chi connectivity index (χ0) is 17.7. The largest absolute Gasteiger partial charge is 0.463 e. The fourth-order valence-corrected chi connectivity index (χ4v) is 3.40. The highest BCUT2D eigenvalue weighted by atomic mass is 32.1. The topological polar surface area (TPSA) is 111 Å². The van der Waals surface area contributed by atoms with E-state index in [1.165, 1.54) is 0 Å². The number of anilines is 1. The third-order valence-electron chi connectivity index (χ3n) is 3.61. The van der Waals surface area contributed by atoms with Crippen molar-refractivity contribution in [1.29, 1.82) is 0 Å². The summed E-state index contributed by atoms with van der Waals surface area (Å²) in [7, 11) is 1.54. The van der Waals surface area contributed by atoms with Crippen LogP contribution in [0.5, 0.6) is 0 Å². The number of amides is 1. The number of nitrogen functional groups attached to an aromatic ring is 1. The lowest BCUT2D eigenvalue weighted by molar-refractivity contribution is -0.709. The molecule has 2 heterocycles. The lowest BCUT2D eigenvalue weighted by atomic mass is 10.1. The van der Waals surface area contributed by atoms with Crippen LogP contribution in [0.15, 0.2) is 22.8 Å². The van der Waals surface area contributed by atoms with Gasteiger partial charge in [0, 0.05) is 12.6 Å². The fraction of sp³-hybridized carbons (Fsp3) is 0.375. The molecule has 7 nitrogen and oxygen atoms in total. The Kier molecular flexibility index (Phi) is 5.99. The van der Waals surface area contributed by atoms with Crippen LogP contribution in [0.1, 0.15) is 51.2 Å². The fourth-order valence-electron chi connectivity index (χ4n) is 2.36. The summed E-state index contributed by atoms with van der Waals surface area (Å²) in [5, 5.41) is 4.85. The van der Waals surface area contributed by atoms with Gasteiger partial charge in [-0.05, 0) is 26.0 Å². The first kappa shape index (κ1) is 18.0. The van der Waals surface area contributed by atoms with Gasteiger partial charge in [-0.1, -0.05) is 0 Å². The SMILES string of the molecule is CCOC(=O)c1c(N)sc(C(=O)NC)c1C[NH2+][C@@H](C)c1ccco1. The van der Waals surface area contributed by atoms with Gasteiger partial charge >= 0.3 is 5.97 Å². The van der Waals surface area contributed by atoms with Crippen molar-refractivity contribution >= 4 is 28.2 Å². The van der Waals surface area contributed by atoms with Crippen molar-refractivity contribution in [2.45, 2.75) is 26.4 Å². The molecular weight excluding hydrogens is 330 g/mol. The number of furan rings is 1. The molecule has 2 aromatic rings. The third-order valence-corrected chi connectivity index (χ3v) is 4.67. The Balaban J connectivity index is 2.30. The minimum Gasteiger partial charge on any atom is -0.463 e. The van der Waals surface area contributed by atoms with E-state index in [0.717, 1.165) is 17.1 Å². The highest BCUT2D eigenvalue weighted by Gasteiger charge is 2.28. The molecule has 2 rings (SSSR count). The molecule has 1 atom stereocenters. The van der Waals surface area contributed by atoms with Gasteiger partial charge in [0.2, 0.25) is 0 Å². The smallest absolute Gasteiger partial charge is 0.341 e. The maximum Gasteiger partial charge on any atom is 0.341 e. The molecular formula is C16H22N3O4S+. The molecule has 24 heavy (non-hydrogen) atoms. The van der Waals surface area contributed by atoms with Crippen molar-refractivity contribution in [3.8, 4) is 0 Å². The van der Waals surface area contributed by atoms with Crippen LogP contribution in [-0.4, -0.2) is 25.5 Å². The van der Waals surface area contributed by atoms with Gasteiger partial charge in [0.25, 0.3) is 5.91 Å². The number of rotatable bonds is 7. The number of nitrogens with one attached hydrogen (secondary N) is 1. The highest BCUT2D eigenvalue weighted by molar-refractivity contribution is 7.18. The Bertz CT molecular complexity index is 709. The van der Waals surface area contributed by atoms with Gasteiger partial charge in [-0.25, -0.2) is 4.79 Å². The van der Waals surface area contributed by atoms with Gasteiger partial charge in [-0.2, -0.15) is 0 Å². The molecule has 1 amide bonds. The lowest BCUT2D eigenvalue weighted by Crippen LogP contribution is -2.83. The summed E-state index contributed by atoms with van der Waals surface area (Å²) in [5.41, 5.74) is 6.84. The first-order valence-electron chi connectivity index (χ1n) is 7.66. The zero-order valence-electron chi connectivity index (χ0n) is 13.9. The van der Waals surface area contributed by atoms with Gasteiger partial charge in [0.05, 0.1) is 12.9 Å². The summed E-state index contributed by atoms with van der Waals surface area (Å²) in [6, 6.07) is 3.74. The van der Waals surface area contributed by atoms with E-state index in [9.17, 15) is 9.59 Å². The Morgan fingerprint density at radius 1 is 1.50 bits per heavy atom. The molecule has 0 bridgehead atoms. The number of nitrogens with two attached hydrogens (primary N) is 2. The van der Waals surface area contributed by atoms with Crippen LogP contribution in [0.4, 0.5) is 5.00 Å². The lowest BCUT2D eigenvalue weighted by Gasteiger charge is -2.10. The van der Waals surface area contributed by atoms with Crippen LogP contribution >= 0.6 is 11.3 Å². The van der Waals surface area contributed by atoms with Gasteiger partial charge in [-0.3, -0.25) is 4.79 Å². The number of hydrogen-bond acceptors (Lipinski definition) is 6. The number of quaternary nitrogens is 1. The van der Waals surface area contributed by atoms with Crippen molar-refractivity contribution < 1.29 is 24.1 Å². The van der Waals surface area contributed by atoms with E-state index in [4.69, 9.17) is 14.9 Å². The molecule has 0 aromatic carbocycles. The van der Waals surface area contributed by atoms with Gasteiger partial charge in [-0.15, -0.1) is 11.3 Å². The van der Waals surface area contributed by atoms with E-state index in [1.807, 2.05) is 24.4 Å². The quantitative estimate of drug-likeness (QED) is 0.650. The second-order valence-electron chi connectivity index (χ2n) is 5.19. The summed E-state index contributed by atoms with van der Waals surface area (Å²) >= 11 is 1.10. The van der Waals surface area contributed by atoms with Crippen molar-refractivity contribution in [2.24, 2.45) is 0 Å². The Morgan fingerprint density at radius 3 is 2.83 bits per heavy atom. The zero-order valence-corrected chi connectivity index (χ0v) is 14.7. The average molecular weight is 352 g/mol. The van der Waals surface area contributed by atoms with Gasteiger partial charge in [0.15, 0.2) is 5.76 Å². The van der Waals surface area contributed by atoms with Gasteiger partial charge in [0.1, 0.15) is 28.0 Å². The number of carbonyl (C=O) groups is 2. The van der Waals surface area contributed by atoms with Gasteiger partial charge < -0.3 is 25.5 Å². The van der Waals surface area contributed by atoms with E-state index < -0.39 is 5.97 Å². The molecule has 0 saturated heterocycles. The Labute approximate surface area is 144 Å². The molecule has 0 saturated carbocycles. The summed E-state index contributed by atoms with van der Waals surface area (Å²) in [4.78, 5) is 24.8. The van der Waals surface area contributed by atoms with Crippen LogP contribution in [0, 0.1) is 0 Å². The normalized spacial score (nSPS) is 12.0. The number of ether oxygens (including phenoxy) is 1. The number of thiophene rings is 1. The van der Waals surface area contributed by atoms with Crippen LogP contribution < -0.4 is 16.4 Å². The number of carbonyl (C=O) groups excluding carboxylic acids is 2. The van der Waals surface area contributed by atoms with E-state index in [-0.39, 0.29) is 24.1 Å². The average Bonchev–Trinajstić information content (AvgIpc) is 3.20. The minimum atomic E-state index is -0.504. The molecule has 2 aromatic heterocycles. The Morgan fingerprint density at radius 2 is 2.25 bits per heavy atom. The van der Waals surface area contributed by atoms with Crippen molar-refractivity contribution in [1.82, 2.24) is 5.32 Å². The molecule has 0 aliphatic heterocycles. The molecule has 0 radical (unpaired) electrons. The van der Waals surface area contributed by atoms with E-state index in [1.54, 1.807) is 20.2 Å².